The second-order valence-electron chi connectivity index (χ2n) is 9.77. The molecule has 0 spiro atoms. The SMILES string of the molecule is Cl.O=C1Cc2cc3c(cc2CCN1CC1CCCN(CCCOc2ccc4c(c2)OCO4)C1)OCO3. The van der Waals surface area contributed by atoms with Gasteiger partial charge in [-0.1, -0.05) is 0 Å². The molecule has 36 heavy (non-hydrogen) atoms. The Morgan fingerprint density at radius 3 is 2.50 bits per heavy atom. The fourth-order valence-corrected chi connectivity index (χ4v) is 5.53. The molecule has 1 saturated heterocycles. The molecule has 4 aliphatic rings. The number of ether oxygens (including phenoxy) is 5. The van der Waals surface area contributed by atoms with Gasteiger partial charge in [0.05, 0.1) is 13.0 Å². The number of rotatable bonds is 7. The van der Waals surface area contributed by atoms with Crippen LogP contribution < -0.4 is 23.7 Å². The topological polar surface area (TPSA) is 69.7 Å². The van der Waals surface area contributed by atoms with E-state index in [9.17, 15) is 4.79 Å². The lowest BCUT2D eigenvalue weighted by atomic mass is 9.97. The zero-order chi connectivity index (χ0) is 23.6. The zero-order valence-corrected chi connectivity index (χ0v) is 21.2. The van der Waals surface area contributed by atoms with Gasteiger partial charge < -0.3 is 33.5 Å². The average Bonchev–Trinajstić information content (AvgIpc) is 3.50. The van der Waals surface area contributed by atoms with Gasteiger partial charge in [0.25, 0.3) is 0 Å². The maximum atomic E-state index is 13.1. The highest BCUT2D eigenvalue weighted by molar-refractivity contribution is 5.85. The van der Waals surface area contributed by atoms with E-state index in [0.717, 1.165) is 79.9 Å². The van der Waals surface area contributed by atoms with E-state index in [1.54, 1.807) is 0 Å². The largest absolute Gasteiger partial charge is 0.493 e. The Morgan fingerprint density at radius 1 is 0.917 bits per heavy atom. The maximum absolute atomic E-state index is 13.1. The predicted molar refractivity (Wildman–Crippen MR) is 136 cm³/mol. The van der Waals surface area contributed by atoms with Gasteiger partial charge in [-0.25, -0.2) is 0 Å². The molecule has 0 radical (unpaired) electrons. The normalized spacial score (nSPS) is 20.5. The van der Waals surface area contributed by atoms with Crippen molar-refractivity contribution in [2.24, 2.45) is 5.92 Å². The van der Waals surface area contributed by atoms with Crippen molar-refractivity contribution in [3.05, 3.63) is 41.5 Å². The molecule has 1 fully saturated rings. The van der Waals surface area contributed by atoms with Crippen LogP contribution in [0.5, 0.6) is 28.7 Å². The van der Waals surface area contributed by atoms with E-state index in [1.807, 2.05) is 24.3 Å². The number of likely N-dealkylation sites (tertiary alicyclic amines) is 1. The van der Waals surface area contributed by atoms with Gasteiger partial charge in [-0.15, -0.1) is 12.4 Å². The highest BCUT2D eigenvalue weighted by Crippen LogP contribution is 2.37. The van der Waals surface area contributed by atoms with E-state index in [2.05, 4.69) is 15.9 Å². The summed E-state index contributed by atoms with van der Waals surface area (Å²) >= 11 is 0. The molecule has 0 aromatic heterocycles. The first-order valence-electron chi connectivity index (χ1n) is 12.7. The number of hydrogen-bond donors (Lipinski definition) is 0. The molecule has 0 saturated carbocycles. The van der Waals surface area contributed by atoms with E-state index in [-0.39, 0.29) is 31.9 Å². The summed E-state index contributed by atoms with van der Waals surface area (Å²) in [7, 11) is 0. The van der Waals surface area contributed by atoms with Gasteiger partial charge in [-0.05, 0) is 73.5 Å². The summed E-state index contributed by atoms with van der Waals surface area (Å²) in [4.78, 5) is 17.7. The first-order valence-corrected chi connectivity index (χ1v) is 12.7. The molecule has 2 aromatic rings. The van der Waals surface area contributed by atoms with Gasteiger partial charge in [-0.2, -0.15) is 0 Å². The maximum Gasteiger partial charge on any atom is 0.231 e. The highest BCUT2D eigenvalue weighted by Gasteiger charge is 2.28. The van der Waals surface area contributed by atoms with Gasteiger partial charge in [0.2, 0.25) is 19.5 Å². The van der Waals surface area contributed by atoms with Crippen LogP contribution >= 0.6 is 12.4 Å². The Morgan fingerprint density at radius 2 is 1.67 bits per heavy atom. The van der Waals surface area contributed by atoms with Crippen LogP contribution in [0, 0.1) is 5.92 Å². The van der Waals surface area contributed by atoms with Gasteiger partial charge in [0.15, 0.2) is 23.0 Å². The number of carbonyl (C=O) groups excluding carboxylic acids is 1. The fourth-order valence-electron chi connectivity index (χ4n) is 5.53. The number of amides is 1. The predicted octanol–water partition coefficient (Wildman–Crippen LogP) is 3.67. The van der Waals surface area contributed by atoms with Crippen molar-refractivity contribution in [3.63, 3.8) is 0 Å². The smallest absolute Gasteiger partial charge is 0.231 e. The van der Waals surface area contributed by atoms with E-state index >= 15 is 0 Å². The van der Waals surface area contributed by atoms with Crippen molar-refractivity contribution in [2.45, 2.75) is 32.1 Å². The van der Waals surface area contributed by atoms with E-state index in [0.29, 0.717) is 18.9 Å². The van der Waals surface area contributed by atoms with Gasteiger partial charge in [0.1, 0.15) is 5.75 Å². The Bertz CT molecular complexity index is 1100. The number of nitrogens with zero attached hydrogens (tertiary/aromatic N) is 2. The Kier molecular flexibility index (Phi) is 7.62. The molecular weight excluding hydrogens is 484 g/mol. The minimum atomic E-state index is 0. The quantitative estimate of drug-likeness (QED) is 0.520. The minimum absolute atomic E-state index is 0. The first kappa shape index (κ1) is 24.8. The average molecular weight is 517 g/mol. The number of hydrogen-bond acceptors (Lipinski definition) is 7. The summed E-state index contributed by atoms with van der Waals surface area (Å²) in [5, 5.41) is 0. The third-order valence-corrected chi connectivity index (χ3v) is 7.35. The highest BCUT2D eigenvalue weighted by atomic mass is 35.5. The third-order valence-electron chi connectivity index (χ3n) is 7.35. The van der Waals surface area contributed by atoms with E-state index in [1.165, 1.54) is 18.4 Å². The van der Waals surface area contributed by atoms with E-state index in [4.69, 9.17) is 23.7 Å². The van der Waals surface area contributed by atoms with E-state index < -0.39 is 0 Å². The minimum Gasteiger partial charge on any atom is -0.493 e. The molecule has 4 heterocycles. The zero-order valence-electron chi connectivity index (χ0n) is 20.4. The first-order chi connectivity index (χ1) is 17.2. The second kappa shape index (κ2) is 11.0. The summed E-state index contributed by atoms with van der Waals surface area (Å²) in [5.41, 5.74) is 2.28. The number of piperidine rings is 1. The molecule has 1 unspecified atom stereocenters. The monoisotopic (exact) mass is 516 g/mol. The molecule has 4 aliphatic heterocycles. The molecule has 1 amide bonds. The van der Waals surface area contributed by atoms with Gasteiger partial charge in [0, 0.05) is 32.2 Å². The lowest BCUT2D eigenvalue weighted by Crippen LogP contribution is -2.43. The van der Waals surface area contributed by atoms with Crippen LogP contribution in [0.25, 0.3) is 0 Å². The Balaban J connectivity index is 0.00000267. The van der Waals surface area contributed by atoms with Gasteiger partial charge in [-0.3, -0.25) is 4.79 Å². The molecular formula is C27H33ClN2O6. The van der Waals surface area contributed by atoms with Crippen LogP contribution in [-0.4, -0.2) is 68.6 Å². The Labute approximate surface area is 217 Å². The third kappa shape index (κ3) is 5.44. The molecule has 0 bridgehead atoms. The van der Waals surface area contributed by atoms with Crippen molar-refractivity contribution in [3.8, 4) is 28.7 Å². The molecule has 9 heteroatoms. The number of benzene rings is 2. The second-order valence-corrected chi connectivity index (χ2v) is 9.77. The van der Waals surface area contributed by atoms with Gasteiger partial charge >= 0.3 is 0 Å². The summed E-state index contributed by atoms with van der Waals surface area (Å²) in [6, 6.07) is 9.76. The molecule has 8 nitrogen and oxygen atoms in total. The molecule has 194 valence electrons. The lowest BCUT2D eigenvalue weighted by Gasteiger charge is -2.35. The molecule has 0 aliphatic carbocycles. The van der Waals surface area contributed by atoms with Crippen LogP contribution in [0.1, 0.15) is 30.4 Å². The van der Waals surface area contributed by atoms with Crippen LogP contribution in [0.4, 0.5) is 0 Å². The summed E-state index contributed by atoms with van der Waals surface area (Å²) in [6.07, 6.45) is 4.63. The Hall–Kier alpha value is -2.84. The molecule has 1 atom stereocenters. The van der Waals surface area contributed by atoms with Crippen molar-refractivity contribution >= 4 is 18.3 Å². The molecule has 0 N–H and O–H groups in total. The summed E-state index contributed by atoms with van der Waals surface area (Å²) < 4.78 is 27.7. The summed E-state index contributed by atoms with van der Waals surface area (Å²) in [5.74, 6) is 4.63. The van der Waals surface area contributed by atoms with Crippen LogP contribution in [0.3, 0.4) is 0 Å². The van der Waals surface area contributed by atoms with Crippen LogP contribution in [0.15, 0.2) is 30.3 Å². The van der Waals surface area contributed by atoms with Crippen molar-refractivity contribution in [1.82, 2.24) is 9.80 Å². The van der Waals surface area contributed by atoms with Crippen LogP contribution in [-0.2, 0) is 17.6 Å². The number of halogens is 1. The molecule has 6 rings (SSSR count). The summed E-state index contributed by atoms with van der Waals surface area (Å²) in [6.45, 7) is 5.97. The van der Waals surface area contributed by atoms with Crippen LogP contribution in [0.2, 0.25) is 0 Å². The van der Waals surface area contributed by atoms with Crippen molar-refractivity contribution in [2.75, 3.05) is 52.9 Å². The number of carbonyl (C=O) groups is 1. The van der Waals surface area contributed by atoms with Crippen molar-refractivity contribution in [1.29, 1.82) is 0 Å². The lowest BCUT2D eigenvalue weighted by molar-refractivity contribution is -0.131. The van der Waals surface area contributed by atoms with Crippen molar-refractivity contribution < 1.29 is 28.5 Å². The molecule has 2 aromatic carbocycles. The standard InChI is InChI=1S/C27H32N2O6.ClH/c30-27-13-21-12-25-24(33-18-34-25)11-20(21)6-9-29(27)16-19-3-1-7-28(15-19)8-2-10-31-22-4-5-23-26(14-22)35-17-32-23;/h4-5,11-12,14,19H,1-3,6-10,13,15-18H2;1H. The number of fused-ring (bicyclic) bond motifs is 3. The fraction of sp³-hybridized carbons (Fsp3) is 0.519.